The Balaban J connectivity index is 1.80. The molecule has 1 heteroatoms. The van der Waals surface area contributed by atoms with Crippen LogP contribution in [0.15, 0.2) is 103 Å². The molecule has 0 saturated heterocycles. The molecule has 0 spiro atoms. The number of fused-ring (bicyclic) bond motifs is 6. The molecule has 0 radical (unpaired) electrons. The van der Waals surface area contributed by atoms with E-state index >= 15 is 0 Å². The molecule has 0 saturated carbocycles. The molecule has 2 aliphatic carbocycles. The molecule has 0 bridgehead atoms. The van der Waals surface area contributed by atoms with Crippen molar-refractivity contribution in [3.8, 4) is 28.0 Å². The molecule has 2 aliphatic rings. The van der Waals surface area contributed by atoms with E-state index in [9.17, 15) is 0 Å². The van der Waals surface area contributed by atoms with Crippen LogP contribution in [0.3, 0.4) is 0 Å². The zero-order chi connectivity index (χ0) is 20.6. The molecule has 1 atom stereocenters. The summed E-state index contributed by atoms with van der Waals surface area (Å²) in [4.78, 5) is 0. The lowest BCUT2D eigenvalue weighted by Gasteiger charge is -2.39. The highest BCUT2D eigenvalue weighted by Crippen LogP contribution is 2.63. The van der Waals surface area contributed by atoms with Gasteiger partial charge in [-0.2, -0.15) is 0 Å². The van der Waals surface area contributed by atoms with Gasteiger partial charge in [0, 0.05) is 0 Å². The van der Waals surface area contributed by atoms with Crippen molar-refractivity contribution in [3.63, 3.8) is 0 Å². The second-order valence-corrected chi connectivity index (χ2v) is 8.46. The van der Waals surface area contributed by atoms with E-state index in [1.165, 1.54) is 55.3 Å². The Morgan fingerprint density at radius 2 is 1.35 bits per heavy atom. The molecule has 31 heavy (non-hydrogen) atoms. The molecule has 1 nitrogen and oxygen atoms in total. The zero-order valence-corrected chi connectivity index (χ0v) is 17.2. The van der Waals surface area contributed by atoms with Crippen molar-refractivity contribution in [2.45, 2.75) is 5.41 Å². The molecule has 0 aromatic heterocycles. The molecule has 7 rings (SSSR count). The number of ether oxygens (including phenoxy) is 1. The minimum Gasteiger partial charge on any atom is -0.497 e. The van der Waals surface area contributed by atoms with E-state index in [-0.39, 0.29) is 5.41 Å². The molecular weight excluding hydrogens is 376 g/mol. The van der Waals surface area contributed by atoms with Crippen LogP contribution >= 0.6 is 0 Å². The lowest BCUT2D eigenvalue weighted by Crippen LogP contribution is -2.31. The third-order valence-electron chi connectivity index (χ3n) is 7.17. The predicted molar refractivity (Wildman–Crippen MR) is 127 cm³/mol. The van der Waals surface area contributed by atoms with Gasteiger partial charge in [-0.15, -0.1) is 0 Å². The van der Waals surface area contributed by atoms with E-state index in [0.29, 0.717) is 0 Å². The first-order valence-corrected chi connectivity index (χ1v) is 10.7. The van der Waals surface area contributed by atoms with Crippen LogP contribution in [0.4, 0.5) is 0 Å². The fourth-order valence-electron chi connectivity index (χ4n) is 6.02. The monoisotopic (exact) mass is 396 g/mol. The topological polar surface area (TPSA) is 9.23 Å². The van der Waals surface area contributed by atoms with Crippen molar-refractivity contribution >= 4 is 10.8 Å². The second-order valence-electron chi connectivity index (χ2n) is 8.46. The van der Waals surface area contributed by atoms with Crippen molar-refractivity contribution < 1.29 is 4.74 Å². The van der Waals surface area contributed by atoms with Crippen molar-refractivity contribution in [3.05, 3.63) is 125 Å². The highest BCUT2D eigenvalue weighted by molar-refractivity contribution is 6.10. The van der Waals surface area contributed by atoms with Gasteiger partial charge in [-0.1, -0.05) is 91.0 Å². The summed E-state index contributed by atoms with van der Waals surface area (Å²) < 4.78 is 5.65. The first-order valence-electron chi connectivity index (χ1n) is 10.7. The summed E-state index contributed by atoms with van der Waals surface area (Å²) in [6.45, 7) is 0. The molecule has 1 unspecified atom stereocenters. The summed E-state index contributed by atoms with van der Waals surface area (Å²) in [7, 11) is 1.75. The molecule has 0 heterocycles. The van der Waals surface area contributed by atoms with Crippen molar-refractivity contribution in [2.24, 2.45) is 0 Å². The smallest absolute Gasteiger partial charge is 0.119 e. The number of rotatable bonds is 2. The standard InChI is InChI=1S/C30H20O/c1-31-21-15-17-27-25(18-21)23-12-7-8-19-14-16-24-22-11-5-6-13-26(22)30(27,29(24)28(19)23)20-9-3-2-4-10-20/h2-18H,1H3. The first kappa shape index (κ1) is 16.9. The number of benzene rings is 5. The summed E-state index contributed by atoms with van der Waals surface area (Å²) in [6, 6.07) is 37.8. The highest BCUT2D eigenvalue weighted by atomic mass is 16.5. The molecule has 146 valence electrons. The average Bonchev–Trinajstić information content (AvgIpc) is 3.16. The minimum atomic E-state index is -0.331. The van der Waals surface area contributed by atoms with E-state index in [2.05, 4.69) is 103 Å². The van der Waals surface area contributed by atoms with Crippen LogP contribution in [0.1, 0.15) is 22.3 Å². The highest BCUT2D eigenvalue weighted by Gasteiger charge is 2.50. The number of hydrogen-bond acceptors (Lipinski definition) is 1. The number of hydrogen-bond donors (Lipinski definition) is 0. The lowest BCUT2D eigenvalue weighted by molar-refractivity contribution is 0.414. The molecule has 5 aromatic rings. The maximum Gasteiger partial charge on any atom is 0.119 e. The van der Waals surface area contributed by atoms with Gasteiger partial charge in [0.15, 0.2) is 0 Å². The Labute approximate surface area is 181 Å². The second kappa shape index (κ2) is 5.86. The van der Waals surface area contributed by atoms with Gasteiger partial charge in [-0.05, 0) is 67.4 Å². The first-order chi connectivity index (χ1) is 15.3. The summed E-state index contributed by atoms with van der Waals surface area (Å²) in [5.41, 5.74) is 10.3. The Morgan fingerprint density at radius 3 is 2.23 bits per heavy atom. The van der Waals surface area contributed by atoms with Gasteiger partial charge in [-0.3, -0.25) is 0 Å². The maximum absolute atomic E-state index is 5.65. The van der Waals surface area contributed by atoms with Crippen LogP contribution in [0.5, 0.6) is 5.75 Å². The lowest BCUT2D eigenvalue weighted by atomic mass is 9.62. The number of methoxy groups -OCH3 is 1. The Bertz CT molecular complexity index is 1510. The molecule has 0 fully saturated rings. The van der Waals surface area contributed by atoms with Crippen molar-refractivity contribution in [1.29, 1.82) is 0 Å². The van der Waals surface area contributed by atoms with E-state index in [4.69, 9.17) is 4.74 Å². The van der Waals surface area contributed by atoms with Gasteiger partial charge >= 0.3 is 0 Å². The van der Waals surface area contributed by atoms with Gasteiger partial charge in [0.2, 0.25) is 0 Å². The van der Waals surface area contributed by atoms with Crippen LogP contribution in [0, 0.1) is 0 Å². The van der Waals surface area contributed by atoms with E-state index in [1.807, 2.05) is 0 Å². The van der Waals surface area contributed by atoms with E-state index < -0.39 is 0 Å². The minimum absolute atomic E-state index is 0.331. The van der Waals surface area contributed by atoms with Crippen molar-refractivity contribution in [1.82, 2.24) is 0 Å². The van der Waals surface area contributed by atoms with Crippen LogP contribution < -0.4 is 4.74 Å². The summed E-state index contributed by atoms with van der Waals surface area (Å²) >= 11 is 0. The van der Waals surface area contributed by atoms with E-state index in [1.54, 1.807) is 7.11 Å². The molecule has 0 N–H and O–H groups in total. The molecular formula is C30H20O. The molecule has 5 aromatic carbocycles. The Kier molecular flexibility index (Phi) is 3.20. The Hall–Kier alpha value is -3.84. The van der Waals surface area contributed by atoms with Crippen LogP contribution in [-0.2, 0) is 5.41 Å². The van der Waals surface area contributed by atoms with Gasteiger partial charge in [0.25, 0.3) is 0 Å². The fraction of sp³-hybridized carbons (Fsp3) is 0.0667. The van der Waals surface area contributed by atoms with Gasteiger partial charge in [-0.25, -0.2) is 0 Å². The van der Waals surface area contributed by atoms with Gasteiger partial charge < -0.3 is 4.74 Å². The molecule has 0 aliphatic heterocycles. The van der Waals surface area contributed by atoms with Gasteiger partial charge in [0.1, 0.15) is 5.75 Å². The van der Waals surface area contributed by atoms with Gasteiger partial charge in [0.05, 0.1) is 12.5 Å². The van der Waals surface area contributed by atoms with Crippen LogP contribution in [0.25, 0.3) is 33.0 Å². The largest absolute Gasteiger partial charge is 0.497 e. The molecule has 0 amide bonds. The average molecular weight is 396 g/mol. The normalized spacial score (nSPS) is 17.3. The Morgan fingerprint density at radius 1 is 0.581 bits per heavy atom. The predicted octanol–water partition coefficient (Wildman–Crippen LogP) is 7.19. The quantitative estimate of drug-likeness (QED) is 0.300. The third-order valence-corrected chi connectivity index (χ3v) is 7.17. The zero-order valence-electron chi connectivity index (χ0n) is 17.2. The summed E-state index contributed by atoms with van der Waals surface area (Å²) in [5.74, 6) is 0.893. The SMILES string of the molecule is COc1ccc2c(c1)-c1cccc3ccc4c(c13)C2(c1ccccc1)c1ccccc1-4. The van der Waals surface area contributed by atoms with E-state index in [0.717, 1.165) is 5.75 Å². The fourth-order valence-corrected chi connectivity index (χ4v) is 6.02. The summed E-state index contributed by atoms with van der Waals surface area (Å²) in [5, 5.41) is 2.65. The third kappa shape index (κ3) is 1.92. The summed E-state index contributed by atoms with van der Waals surface area (Å²) in [6.07, 6.45) is 0. The maximum atomic E-state index is 5.65. The van der Waals surface area contributed by atoms with Crippen LogP contribution in [-0.4, -0.2) is 7.11 Å². The van der Waals surface area contributed by atoms with Crippen molar-refractivity contribution in [2.75, 3.05) is 7.11 Å². The van der Waals surface area contributed by atoms with Crippen LogP contribution in [0.2, 0.25) is 0 Å².